The third kappa shape index (κ3) is 3.94. The number of likely N-dealkylation sites (tertiary alicyclic amines) is 1. The molecular weight excluding hydrogens is 286 g/mol. The second-order valence-electron chi connectivity index (χ2n) is 5.45. The molecule has 1 saturated heterocycles. The second kappa shape index (κ2) is 7.53. The maximum absolute atomic E-state index is 8.76. The lowest BCUT2D eigenvalue weighted by Gasteiger charge is -2.30. The lowest BCUT2D eigenvalue weighted by molar-refractivity contribution is -0.000876. The minimum Gasteiger partial charge on any atom is -0.472 e. The van der Waals surface area contributed by atoms with Gasteiger partial charge in [0.15, 0.2) is 0 Å². The van der Waals surface area contributed by atoms with E-state index in [-0.39, 0.29) is 6.61 Å². The quantitative estimate of drug-likeness (QED) is 0.779. The van der Waals surface area contributed by atoms with Crippen LogP contribution in [0.25, 0.3) is 11.4 Å². The Balaban J connectivity index is 1.45. The summed E-state index contributed by atoms with van der Waals surface area (Å²) in [6.07, 6.45) is 6.19. The Labute approximate surface area is 128 Å². The fourth-order valence-corrected chi connectivity index (χ4v) is 2.57. The summed E-state index contributed by atoms with van der Waals surface area (Å²) in [5, 5.41) is 12.7. The van der Waals surface area contributed by atoms with Crippen molar-refractivity contribution in [3.63, 3.8) is 0 Å². The summed E-state index contributed by atoms with van der Waals surface area (Å²) in [5.41, 5.74) is 0.825. The molecule has 2 aromatic heterocycles. The molecule has 0 unspecified atom stereocenters. The average Bonchev–Trinajstić information content (AvgIpc) is 3.20. The van der Waals surface area contributed by atoms with Gasteiger partial charge in [-0.25, -0.2) is 0 Å². The molecular formula is C15H21N3O4. The van der Waals surface area contributed by atoms with Crippen LogP contribution in [0.1, 0.15) is 25.2 Å². The molecule has 0 amide bonds. The van der Waals surface area contributed by atoms with Crippen molar-refractivity contribution in [1.29, 1.82) is 0 Å². The fraction of sp³-hybridized carbons (Fsp3) is 0.600. The topological polar surface area (TPSA) is 84.8 Å². The van der Waals surface area contributed by atoms with Gasteiger partial charge in [0.05, 0.1) is 24.5 Å². The molecule has 2 aromatic rings. The van der Waals surface area contributed by atoms with E-state index in [0.717, 1.165) is 31.5 Å². The first-order chi connectivity index (χ1) is 10.8. The van der Waals surface area contributed by atoms with Gasteiger partial charge in [-0.2, -0.15) is 4.98 Å². The van der Waals surface area contributed by atoms with Crippen molar-refractivity contribution < 1.29 is 18.8 Å². The number of aliphatic hydroxyl groups is 1. The Kier molecular flexibility index (Phi) is 5.20. The monoisotopic (exact) mass is 307 g/mol. The SMILES string of the molecule is OCCCOC1CCN(Cc2nc(-c3ccoc3)no2)CC1. The lowest BCUT2D eigenvalue weighted by atomic mass is 10.1. The highest BCUT2D eigenvalue weighted by atomic mass is 16.5. The molecule has 0 saturated carbocycles. The minimum atomic E-state index is 0.189. The van der Waals surface area contributed by atoms with E-state index < -0.39 is 0 Å². The van der Waals surface area contributed by atoms with Crippen LogP contribution in [-0.4, -0.2) is 52.6 Å². The molecule has 1 aliphatic heterocycles. The van der Waals surface area contributed by atoms with Crippen molar-refractivity contribution in [2.75, 3.05) is 26.3 Å². The van der Waals surface area contributed by atoms with Gasteiger partial charge in [0, 0.05) is 26.3 Å². The molecule has 22 heavy (non-hydrogen) atoms. The van der Waals surface area contributed by atoms with Crippen molar-refractivity contribution in [2.45, 2.75) is 31.9 Å². The van der Waals surface area contributed by atoms with Crippen molar-refractivity contribution in [3.05, 3.63) is 24.5 Å². The largest absolute Gasteiger partial charge is 0.472 e. The maximum Gasteiger partial charge on any atom is 0.241 e. The van der Waals surface area contributed by atoms with Crippen LogP contribution in [0.2, 0.25) is 0 Å². The van der Waals surface area contributed by atoms with Crippen LogP contribution in [0.3, 0.4) is 0 Å². The summed E-state index contributed by atoms with van der Waals surface area (Å²) >= 11 is 0. The maximum atomic E-state index is 8.76. The summed E-state index contributed by atoms with van der Waals surface area (Å²) in [6, 6.07) is 1.81. The molecule has 1 fully saturated rings. The van der Waals surface area contributed by atoms with Gasteiger partial charge in [-0.1, -0.05) is 5.16 Å². The summed E-state index contributed by atoms with van der Waals surface area (Å²) in [4.78, 5) is 6.68. The van der Waals surface area contributed by atoms with Crippen molar-refractivity contribution >= 4 is 0 Å². The van der Waals surface area contributed by atoms with Gasteiger partial charge in [-0.15, -0.1) is 0 Å². The highest BCUT2D eigenvalue weighted by molar-refractivity contribution is 5.51. The molecule has 3 rings (SSSR count). The fourth-order valence-electron chi connectivity index (χ4n) is 2.57. The third-order valence-electron chi connectivity index (χ3n) is 3.80. The van der Waals surface area contributed by atoms with Gasteiger partial charge in [0.1, 0.15) is 6.26 Å². The van der Waals surface area contributed by atoms with E-state index in [9.17, 15) is 0 Å². The normalized spacial score (nSPS) is 17.1. The van der Waals surface area contributed by atoms with Gasteiger partial charge in [-0.3, -0.25) is 4.90 Å². The smallest absolute Gasteiger partial charge is 0.241 e. The Morgan fingerprint density at radius 1 is 1.36 bits per heavy atom. The zero-order valence-corrected chi connectivity index (χ0v) is 12.5. The van der Waals surface area contributed by atoms with Crippen molar-refractivity contribution in [1.82, 2.24) is 15.0 Å². The zero-order valence-electron chi connectivity index (χ0n) is 12.5. The van der Waals surface area contributed by atoms with E-state index in [1.54, 1.807) is 12.5 Å². The van der Waals surface area contributed by atoms with Crippen LogP contribution in [-0.2, 0) is 11.3 Å². The molecule has 0 radical (unpaired) electrons. The van der Waals surface area contributed by atoms with E-state index in [4.69, 9.17) is 18.8 Å². The van der Waals surface area contributed by atoms with E-state index in [1.807, 2.05) is 6.07 Å². The van der Waals surface area contributed by atoms with Crippen LogP contribution in [0.4, 0.5) is 0 Å². The molecule has 0 atom stereocenters. The first-order valence-corrected chi connectivity index (χ1v) is 7.65. The molecule has 3 heterocycles. The predicted octanol–water partition coefficient (Wildman–Crippen LogP) is 1.69. The van der Waals surface area contributed by atoms with E-state index in [0.29, 0.717) is 37.4 Å². The van der Waals surface area contributed by atoms with Crippen molar-refractivity contribution in [2.24, 2.45) is 0 Å². The van der Waals surface area contributed by atoms with E-state index >= 15 is 0 Å². The Morgan fingerprint density at radius 2 is 2.23 bits per heavy atom. The van der Waals surface area contributed by atoms with E-state index in [2.05, 4.69) is 15.0 Å². The Morgan fingerprint density at radius 3 is 2.95 bits per heavy atom. The highest BCUT2D eigenvalue weighted by Gasteiger charge is 2.21. The number of furan rings is 1. The van der Waals surface area contributed by atoms with Crippen molar-refractivity contribution in [3.8, 4) is 11.4 Å². The highest BCUT2D eigenvalue weighted by Crippen LogP contribution is 2.19. The molecule has 1 aliphatic rings. The van der Waals surface area contributed by atoms with E-state index in [1.165, 1.54) is 0 Å². The number of aliphatic hydroxyl groups excluding tert-OH is 1. The minimum absolute atomic E-state index is 0.189. The summed E-state index contributed by atoms with van der Waals surface area (Å²) < 4.78 is 16.0. The van der Waals surface area contributed by atoms with Gasteiger partial charge < -0.3 is 18.8 Å². The van der Waals surface area contributed by atoms with Crippen LogP contribution in [0.15, 0.2) is 27.5 Å². The second-order valence-corrected chi connectivity index (χ2v) is 5.45. The molecule has 0 bridgehead atoms. The number of aromatic nitrogens is 2. The summed E-state index contributed by atoms with van der Waals surface area (Å²) in [7, 11) is 0. The first kappa shape index (κ1) is 15.2. The first-order valence-electron chi connectivity index (χ1n) is 7.65. The summed E-state index contributed by atoms with van der Waals surface area (Å²) in [5.74, 6) is 1.18. The Hall–Kier alpha value is -1.70. The Bertz CT molecular complexity index is 547. The number of hydrogen-bond donors (Lipinski definition) is 1. The number of hydrogen-bond acceptors (Lipinski definition) is 7. The number of rotatable bonds is 7. The predicted molar refractivity (Wildman–Crippen MR) is 78.0 cm³/mol. The number of ether oxygens (including phenoxy) is 1. The molecule has 7 nitrogen and oxygen atoms in total. The van der Waals surface area contributed by atoms with Gasteiger partial charge in [0.2, 0.25) is 11.7 Å². The van der Waals surface area contributed by atoms with Crippen LogP contribution >= 0.6 is 0 Å². The average molecular weight is 307 g/mol. The molecule has 0 aliphatic carbocycles. The van der Waals surface area contributed by atoms with Crippen LogP contribution < -0.4 is 0 Å². The molecule has 0 spiro atoms. The molecule has 120 valence electrons. The standard InChI is InChI=1S/C15H21N3O4/c19-7-1-8-21-13-2-5-18(6-3-13)10-14-16-15(17-22-14)12-4-9-20-11-12/h4,9,11,13,19H,1-3,5-8,10H2. The lowest BCUT2D eigenvalue weighted by Crippen LogP contribution is -2.36. The molecule has 0 aromatic carbocycles. The van der Waals surface area contributed by atoms with Crippen LogP contribution in [0.5, 0.6) is 0 Å². The molecule has 1 N–H and O–H groups in total. The third-order valence-corrected chi connectivity index (χ3v) is 3.80. The van der Waals surface area contributed by atoms with Gasteiger partial charge in [0.25, 0.3) is 0 Å². The van der Waals surface area contributed by atoms with Gasteiger partial charge >= 0.3 is 0 Å². The van der Waals surface area contributed by atoms with Crippen LogP contribution in [0, 0.1) is 0 Å². The number of piperidine rings is 1. The number of nitrogens with zero attached hydrogens (tertiary/aromatic N) is 3. The summed E-state index contributed by atoms with van der Waals surface area (Å²) in [6.45, 7) is 3.39. The van der Waals surface area contributed by atoms with Gasteiger partial charge in [-0.05, 0) is 25.3 Å². The molecule has 7 heteroatoms. The zero-order chi connectivity index (χ0) is 15.2.